The maximum Gasteiger partial charge on any atom is 0.274 e. The Bertz CT molecular complexity index is 529. The highest BCUT2D eigenvalue weighted by Crippen LogP contribution is 2.21. The Morgan fingerprint density at radius 1 is 1.47 bits per heavy atom. The zero-order valence-electron chi connectivity index (χ0n) is 11.7. The molecule has 0 saturated carbocycles. The van der Waals surface area contributed by atoms with E-state index in [9.17, 15) is 9.59 Å². The molecule has 0 aliphatic heterocycles. The zero-order valence-corrected chi connectivity index (χ0v) is 11.7. The second-order valence-electron chi connectivity index (χ2n) is 5.00. The first-order valence-corrected chi connectivity index (χ1v) is 6.08. The van der Waals surface area contributed by atoms with Crippen LogP contribution in [0.2, 0.25) is 0 Å². The third kappa shape index (κ3) is 3.43. The van der Waals surface area contributed by atoms with E-state index in [1.807, 2.05) is 13.8 Å². The van der Waals surface area contributed by atoms with Gasteiger partial charge in [0.1, 0.15) is 5.69 Å². The Hall–Kier alpha value is -2.11. The number of guanidine groups is 1. The maximum absolute atomic E-state index is 12.1. The highest BCUT2D eigenvalue weighted by molar-refractivity contribution is 6.07. The van der Waals surface area contributed by atoms with Crippen LogP contribution in [0, 0.1) is 11.3 Å². The highest BCUT2D eigenvalue weighted by Gasteiger charge is 2.23. The van der Waals surface area contributed by atoms with Gasteiger partial charge in [0.2, 0.25) is 0 Å². The molecule has 0 radical (unpaired) electrons. The Labute approximate surface area is 112 Å². The van der Waals surface area contributed by atoms with E-state index >= 15 is 0 Å². The summed E-state index contributed by atoms with van der Waals surface area (Å²) in [4.78, 5) is 23.7. The van der Waals surface area contributed by atoms with E-state index in [0.717, 1.165) is 0 Å². The van der Waals surface area contributed by atoms with Crippen LogP contribution in [-0.2, 0) is 13.5 Å². The minimum absolute atomic E-state index is 0.0758. The number of rotatable bonds is 4. The molecule has 0 fully saturated rings. The molecular weight excluding hydrogens is 244 g/mol. The van der Waals surface area contributed by atoms with Crippen molar-refractivity contribution in [1.82, 2.24) is 9.88 Å². The van der Waals surface area contributed by atoms with Gasteiger partial charge < -0.3 is 10.3 Å². The fraction of sp³-hybridized carbons (Fsp3) is 0.462. The van der Waals surface area contributed by atoms with Gasteiger partial charge in [0.25, 0.3) is 5.91 Å². The van der Waals surface area contributed by atoms with E-state index in [2.05, 4.69) is 5.32 Å². The van der Waals surface area contributed by atoms with Crippen molar-refractivity contribution < 1.29 is 9.59 Å². The third-order valence-electron chi connectivity index (χ3n) is 2.74. The second-order valence-corrected chi connectivity index (χ2v) is 5.00. The molecule has 19 heavy (non-hydrogen) atoms. The molecule has 0 bridgehead atoms. The summed E-state index contributed by atoms with van der Waals surface area (Å²) in [6.45, 7) is 5.51. The van der Waals surface area contributed by atoms with Crippen LogP contribution in [0.25, 0.3) is 0 Å². The van der Waals surface area contributed by atoms with E-state index in [0.29, 0.717) is 29.2 Å². The van der Waals surface area contributed by atoms with Crippen LogP contribution in [-0.4, -0.2) is 22.2 Å². The van der Waals surface area contributed by atoms with Crippen LogP contribution in [0.1, 0.15) is 47.2 Å². The lowest BCUT2D eigenvalue weighted by Crippen LogP contribution is -2.37. The number of hydrogen-bond acceptors (Lipinski definition) is 3. The Morgan fingerprint density at radius 3 is 2.47 bits per heavy atom. The molecule has 6 nitrogen and oxygen atoms in total. The third-order valence-corrected chi connectivity index (χ3v) is 2.74. The molecule has 0 aliphatic rings. The molecular formula is C13H20N4O2. The summed E-state index contributed by atoms with van der Waals surface area (Å²) in [5.74, 6) is -0.637. The summed E-state index contributed by atoms with van der Waals surface area (Å²) < 4.78 is 1.60. The molecule has 0 aliphatic carbocycles. The first-order valence-electron chi connectivity index (χ1n) is 6.08. The number of hydrogen-bond donors (Lipinski definition) is 3. The molecule has 1 amide bonds. The van der Waals surface area contributed by atoms with Crippen molar-refractivity contribution in [2.75, 3.05) is 0 Å². The van der Waals surface area contributed by atoms with Crippen LogP contribution in [0.3, 0.4) is 0 Å². The van der Waals surface area contributed by atoms with Crippen molar-refractivity contribution >= 4 is 17.6 Å². The Balaban J connectivity index is 3.32. The van der Waals surface area contributed by atoms with Crippen molar-refractivity contribution in [2.45, 2.75) is 27.2 Å². The van der Waals surface area contributed by atoms with Gasteiger partial charge in [-0.15, -0.1) is 0 Å². The van der Waals surface area contributed by atoms with Crippen LogP contribution in [0.5, 0.6) is 0 Å². The van der Waals surface area contributed by atoms with E-state index in [1.165, 1.54) is 6.92 Å². The number of nitrogens with zero attached hydrogens (tertiary/aromatic N) is 1. The summed E-state index contributed by atoms with van der Waals surface area (Å²) in [6, 6.07) is 0. The smallest absolute Gasteiger partial charge is 0.274 e. The number of ketones is 1. The fourth-order valence-electron chi connectivity index (χ4n) is 2.07. The number of Topliss-reactive ketones (excluding diaryl/α,β-unsaturated/α-hetero) is 1. The van der Waals surface area contributed by atoms with Gasteiger partial charge in [0, 0.05) is 18.8 Å². The van der Waals surface area contributed by atoms with Crippen LogP contribution >= 0.6 is 0 Å². The maximum atomic E-state index is 12.1. The summed E-state index contributed by atoms with van der Waals surface area (Å²) in [7, 11) is 1.70. The lowest BCUT2D eigenvalue weighted by Gasteiger charge is -2.10. The number of carbonyl (C=O) groups excluding carboxylic acids is 2. The van der Waals surface area contributed by atoms with Gasteiger partial charge in [-0.3, -0.25) is 20.3 Å². The van der Waals surface area contributed by atoms with Gasteiger partial charge in [0.05, 0.1) is 0 Å². The van der Waals surface area contributed by atoms with Gasteiger partial charge >= 0.3 is 0 Å². The molecule has 0 spiro atoms. The number of aryl methyl sites for hydroxylation is 1. The monoisotopic (exact) mass is 264 g/mol. The molecule has 104 valence electrons. The second kappa shape index (κ2) is 5.69. The van der Waals surface area contributed by atoms with E-state index in [4.69, 9.17) is 11.1 Å². The lowest BCUT2D eigenvalue weighted by atomic mass is 9.97. The molecule has 0 atom stereocenters. The van der Waals surface area contributed by atoms with Gasteiger partial charge in [-0.25, -0.2) is 0 Å². The molecule has 1 aromatic rings. The number of aromatic nitrogens is 1. The highest BCUT2D eigenvalue weighted by atomic mass is 16.2. The van der Waals surface area contributed by atoms with Gasteiger partial charge in [0.15, 0.2) is 11.7 Å². The first-order chi connectivity index (χ1) is 8.73. The molecule has 4 N–H and O–H groups in total. The van der Waals surface area contributed by atoms with Crippen molar-refractivity contribution in [2.24, 2.45) is 18.7 Å². The van der Waals surface area contributed by atoms with Gasteiger partial charge in [-0.2, -0.15) is 0 Å². The Kier molecular flexibility index (Phi) is 4.47. The summed E-state index contributed by atoms with van der Waals surface area (Å²) in [5.41, 5.74) is 6.82. The molecule has 1 rings (SSSR count). The SMILES string of the molecule is CC(=O)c1cn(C)c(C(=O)NC(=N)N)c1CC(C)C. The van der Waals surface area contributed by atoms with E-state index in [1.54, 1.807) is 17.8 Å². The Morgan fingerprint density at radius 2 is 2.05 bits per heavy atom. The zero-order chi connectivity index (χ0) is 14.7. The standard InChI is InChI=1S/C13H20N4O2/c1-7(2)5-9-10(8(3)18)6-17(4)11(9)12(19)16-13(14)15/h6-7H,5H2,1-4H3,(H4,14,15,16,19). The topological polar surface area (TPSA) is 101 Å². The average Bonchev–Trinajstić information content (AvgIpc) is 2.53. The van der Waals surface area contributed by atoms with Crippen molar-refractivity contribution in [3.05, 3.63) is 23.0 Å². The normalized spacial score (nSPS) is 10.6. The molecule has 0 unspecified atom stereocenters. The molecule has 6 heteroatoms. The summed E-state index contributed by atoms with van der Waals surface area (Å²) >= 11 is 0. The summed E-state index contributed by atoms with van der Waals surface area (Å²) in [5, 5.41) is 9.37. The number of nitrogens with two attached hydrogens (primary N) is 1. The minimum atomic E-state index is -0.460. The van der Waals surface area contributed by atoms with Crippen LogP contribution < -0.4 is 11.1 Å². The van der Waals surface area contributed by atoms with Crippen molar-refractivity contribution in [3.63, 3.8) is 0 Å². The van der Waals surface area contributed by atoms with E-state index < -0.39 is 11.9 Å². The molecule has 0 saturated heterocycles. The quantitative estimate of drug-likeness (QED) is 0.430. The molecule has 0 aromatic carbocycles. The van der Waals surface area contributed by atoms with Gasteiger partial charge in [-0.1, -0.05) is 13.8 Å². The molecule has 1 aromatic heterocycles. The minimum Gasteiger partial charge on any atom is -0.370 e. The van der Waals surface area contributed by atoms with Gasteiger partial charge in [-0.05, 0) is 24.8 Å². The van der Waals surface area contributed by atoms with Crippen LogP contribution in [0.4, 0.5) is 0 Å². The van der Waals surface area contributed by atoms with Crippen molar-refractivity contribution in [1.29, 1.82) is 5.41 Å². The number of carbonyl (C=O) groups is 2. The first kappa shape index (κ1) is 14.9. The number of amides is 1. The average molecular weight is 264 g/mol. The predicted octanol–water partition coefficient (Wildman–Crippen LogP) is 1.05. The molecule has 1 heterocycles. The lowest BCUT2D eigenvalue weighted by molar-refractivity contribution is 0.0967. The van der Waals surface area contributed by atoms with Crippen molar-refractivity contribution in [3.8, 4) is 0 Å². The van der Waals surface area contributed by atoms with E-state index in [-0.39, 0.29) is 5.78 Å². The predicted molar refractivity (Wildman–Crippen MR) is 73.3 cm³/mol. The largest absolute Gasteiger partial charge is 0.370 e. The van der Waals surface area contributed by atoms with Crippen LogP contribution in [0.15, 0.2) is 6.20 Å². The fourth-order valence-corrected chi connectivity index (χ4v) is 2.07. The summed E-state index contributed by atoms with van der Waals surface area (Å²) in [6.07, 6.45) is 2.27. The number of nitrogens with one attached hydrogen (secondary N) is 2.